The molecule has 2 amide bonds. The maximum absolute atomic E-state index is 14.9. The summed E-state index contributed by atoms with van der Waals surface area (Å²) < 4.78 is 96.9. The third-order valence-corrected chi connectivity index (χ3v) is 6.13. The first-order valence-corrected chi connectivity index (χ1v) is 11.0. The topological polar surface area (TPSA) is 72.2 Å². The summed E-state index contributed by atoms with van der Waals surface area (Å²) in [5, 5.41) is 1.09. The van der Waals surface area contributed by atoms with Crippen LogP contribution in [-0.4, -0.2) is 24.0 Å². The molecule has 4 nitrogen and oxygen atoms in total. The Kier molecular flexibility index (Phi) is 9.30. The van der Waals surface area contributed by atoms with E-state index in [2.05, 4.69) is 0 Å². The van der Waals surface area contributed by atoms with Gasteiger partial charge in [-0.1, -0.05) is 47.8 Å². The summed E-state index contributed by atoms with van der Waals surface area (Å²) in [5.74, 6) is -6.64. The molecule has 0 aliphatic carbocycles. The van der Waals surface area contributed by atoms with Gasteiger partial charge in [-0.2, -0.15) is 26.3 Å². The minimum absolute atomic E-state index is 0.0184. The van der Waals surface area contributed by atoms with Crippen LogP contribution in [0.5, 0.6) is 0 Å². The van der Waals surface area contributed by atoms with Gasteiger partial charge in [-0.15, -0.1) is 0 Å². The molecule has 36 heavy (non-hydrogen) atoms. The minimum atomic E-state index is -5.20. The van der Waals surface area contributed by atoms with E-state index in [0.29, 0.717) is 12.1 Å². The molecule has 0 saturated carbocycles. The Morgan fingerprint density at radius 2 is 1.58 bits per heavy atom. The summed E-state index contributed by atoms with van der Waals surface area (Å²) in [6.07, 6.45) is -10.3. The second-order valence-electron chi connectivity index (χ2n) is 7.43. The molecule has 0 fully saturated rings. The van der Waals surface area contributed by atoms with E-state index in [4.69, 9.17) is 40.5 Å². The number of benzene rings is 2. The van der Waals surface area contributed by atoms with Crippen LogP contribution in [0.1, 0.15) is 46.3 Å². The first-order chi connectivity index (χ1) is 16.5. The lowest BCUT2D eigenvalue weighted by molar-refractivity contribution is -0.140. The number of rotatable bonds is 7. The van der Waals surface area contributed by atoms with Gasteiger partial charge in [0.15, 0.2) is 0 Å². The standard InChI is InChI=1S/C22H16Cl3F7N2O2/c1-2-17(19(33)35)34-20(36)11-4-3-9(5-13(11)22(30,31)32)16(26)8-12(21(27,28)29)10-6-14(23)18(25)15(24)7-10/h3-8,12,17H,2H2,1H3,(H2,33,35)(H,34,36)/b16-8-/t12?,17-/m1/s1. The van der Waals surface area contributed by atoms with E-state index in [0.717, 1.165) is 12.1 Å². The highest BCUT2D eigenvalue weighted by Gasteiger charge is 2.41. The molecule has 0 aliphatic heterocycles. The number of primary amides is 1. The van der Waals surface area contributed by atoms with Gasteiger partial charge in [0, 0.05) is 5.56 Å². The normalized spacial score (nSPS) is 14.4. The predicted octanol–water partition coefficient (Wildman–Crippen LogP) is 7.32. The summed E-state index contributed by atoms with van der Waals surface area (Å²) in [6.45, 7) is 1.45. The highest BCUT2D eigenvalue weighted by atomic mass is 35.5. The van der Waals surface area contributed by atoms with Crippen LogP contribution in [0.4, 0.5) is 30.7 Å². The van der Waals surface area contributed by atoms with E-state index >= 15 is 0 Å². The van der Waals surface area contributed by atoms with Crippen LogP contribution in [0.3, 0.4) is 0 Å². The second kappa shape index (κ2) is 11.3. The number of allylic oxidation sites excluding steroid dienone is 1. The van der Waals surface area contributed by atoms with Crippen molar-refractivity contribution in [2.24, 2.45) is 5.73 Å². The van der Waals surface area contributed by atoms with E-state index in [-0.39, 0.29) is 33.6 Å². The van der Waals surface area contributed by atoms with E-state index < -0.39 is 64.2 Å². The van der Waals surface area contributed by atoms with Crippen LogP contribution in [0, 0.1) is 0 Å². The van der Waals surface area contributed by atoms with Gasteiger partial charge in [0.2, 0.25) is 5.91 Å². The molecule has 3 N–H and O–H groups in total. The average Bonchev–Trinajstić information content (AvgIpc) is 2.76. The predicted molar refractivity (Wildman–Crippen MR) is 122 cm³/mol. The van der Waals surface area contributed by atoms with E-state index in [1.165, 1.54) is 6.92 Å². The highest BCUT2D eigenvalue weighted by Crippen LogP contribution is 2.42. The van der Waals surface area contributed by atoms with Crippen LogP contribution in [-0.2, 0) is 11.0 Å². The monoisotopic (exact) mass is 578 g/mol. The molecule has 2 aromatic rings. The smallest absolute Gasteiger partial charge is 0.368 e. The number of nitrogens with one attached hydrogen (secondary N) is 1. The highest BCUT2D eigenvalue weighted by molar-refractivity contribution is 6.48. The summed E-state index contributed by atoms with van der Waals surface area (Å²) in [5.41, 5.74) is 0.950. The molecule has 0 aliphatic rings. The fourth-order valence-electron chi connectivity index (χ4n) is 3.11. The SMILES string of the molecule is CC[C@@H](NC(=O)c1ccc(/C(F)=C/C(c2cc(Cl)c(Cl)c(Cl)c2)C(F)(F)F)cc1C(F)(F)F)C(N)=O. The number of hydrogen-bond donors (Lipinski definition) is 2. The summed E-state index contributed by atoms with van der Waals surface area (Å²) >= 11 is 17.3. The van der Waals surface area contributed by atoms with Crippen molar-refractivity contribution in [2.45, 2.75) is 37.7 Å². The van der Waals surface area contributed by atoms with Gasteiger partial charge in [0.1, 0.15) is 17.8 Å². The van der Waals surface area contributed by atoms with Gasteiger partial charge in [-0.3, -0.25) is 9.59 Å². The number of alkyl halides is 6. The van der Waals surface area contributed by atoms with Crippen molar-refractivity contribution in [1.82, 2.24) is 5.32 Å². The zero-order valence-corrected chi connectivity index (χ0v) is 20.3. The number of nitrogens with two attached hydrogens (primary N) is 1. The van der Waals surface area contributed by atoms with Crippen LogP contribution < -0.4 is 11.1 Å². The zero-order chi connectivity index (χ0) is 27.6. The number of carbonyl (C=O) groups is 2. The van der Waals surface area contributed by atoms with Gasteiger partial charge in [-0.25, -0.2) is 4.39 Å². The minimum Gasteiger partial charge on any atom is -0.368 e. The molecule has 14 heteroatoms. The van der Waals surface area contributed by atoms with Crippen molar-refractivity contribution >= 4 is 52.4 Å². The van der Waals surface area contributed by atoms with Crippen LogP contribution in [0.25, 0.3) is 5.83 Å². The summed E-state index contributed by atoms with van der Waals surface area (Å²) in [7, 11) is 0. The zero-order valence-electron chi connectivity index (χ0n) is 18.0. The number of halogens is 10. The molecule has 0 saturated heterocycles. The number of carbonyl (C=O) groups excluding carboxylic acids is 2. The Bertz CT molecular complexity index is 1170. The summed E-state index contributed by atoms with van der Waals surface area (Å²) in [4.78, 5) is 23.6. The van der Waals surface area contributed by atoms with Gasteiger partial charge in [0.25, 0.3) is 5.91 Å². The fourth-order valence-corrected chi connectivity index (χ4v) is 3.73. The second-order valence-corrected chi connectivity index (χ2v) is 8.62. The Morgan fingerprint density at radius 1 is 1.03 bits per heavy atom. The molecule has 196 valence electrons. The molecule has 0 aromatic heterocycles. The average molecular weight is 580 g/mol. The van der Waals surface area contributed by atoms with Crippen molar-refractivity contribution in [3.8, 4) is 0 Å². The quantitative estimate of drug-likeness (QED) is 0.267. The van der Waals surface area contributed by atoms with E-state index in [9.17, 15) is 40.3 Å². The lowest BCUT2D eigenvalue weighted by Gasteiger charge is -2.19. The van der Waals surface area contributed by atoms with Gasteiger partial charge in [0.05, 0.1) is 26.2 Å². The molecular weight excluding hydrogens is 564 g/mol. The van der Waals surface area contributed by atoms with Crippen molar-refractivity contribution in [3.05, 3.63) is 73.7 Å². The molecular formula is C22H16Cl3F7N2O2. The van der Waals surface area contributed by atoms with Crippen LogP contribution in [0.15, 0.2) is 36.4 Å². The fraction of sp³-hybridized carbons (Fsp3) is 0.273. The molecule has 2 atom stereocenters. The first kappa shape index (κ1) is 29.7. The molecule has 1 unspecified atom stereocenters. The van der Waals surface area contributed by atoms with Gasteiger partial charge >= 0.3 is 12.4 Å². The Morgan fingerprint density at radius 3 is 2.03 bits per heavy atom. The molecule has 0 heterocycles. The molecule has 0 spiro atoms. The maximum atomic E-state index is 14.9. The largest absolute Gasteiger partial charge is 0.417 e. The maximum Gasteiger partial charge on any atom is 0.417 e. The van der Waals surface area contributed by atoms with Crippen molar-refractivity contribution in [3.63, 3.8) is 0 Å². The molecule has 0 bridgehead atoms. The number of amides is 2. The van der Waals surface area contributed by atoms with Crippen molar-refractivity contribution in [1.29, 1.82) is 0 Å². The Labute approximate surface area is 215 Å². The van der Waals surface area contributed by atoms with Gasteiger partial charge < -0.3 is 11.1 Å². The Hall–Kier alpha value is -2.50. The lowest BCUT2D eigenvalue weighted by Crippen LogP contribution is -2.44. The van der Waals surface area contributed by atoms with Crippen LogP contribution >= 0.6 is 34.8 Å². The lowest BCUT2D eigenvalue weighted by atomic mass is 9.95. The molecule has 2 rings (SSSR count). The third kappa shape index (κ3) is 7.04. The number of hydrogen-bond acceptors (Lipinski definition) is 2. The first-order valence-electron chi connectivity index (χ1n) is 9.87. The third-order valence-electron chi connectivity index (χ3n) is 4.93. The Balaban J connectivity index is 2.58. The van der Waals surface area contributed by atoms with Crippen LogP contribution in [0.2, 0.25) is 15.1 Å². The molecule has 2 aromatic carbocycles. The van der Waals surface area contributed by atoms with Crippen molar-refractivity contribution < 1.29 is 40.3 Å². The van der Waals surface area contributed by atoms with E-state index in [1.54, 1.807) is 0 Å². The summed E-state index contributed by atoms with van der Waals surface area (Å²) in [6, 6.07) is 1.77. The van der Waals surface area contributed by atoms with Crippen molar-refractivity contribution in [2.75, 3.05) is 0 Å². The van der Waals surface area contributed by atoms with E-state index in [1.807, 2.05) is 5.32 Å². The molecule has 0 radical (unpaired) electrons. The van der Waals surface area contributed by atoms with Gasteiger partial charge in [-0.05, 0) is 42.3 Å².